The van der Waals surface area contributed by atoms with Gasteiger partial charge in [-0.2, -0.15) is 0 Å². The van der Waals surface area contributed by atoms with E-state index < -0.39 is 5.97 Å². The Labute approximate surface area is 199 Å². The van der Waals surface area contributed by atoms with Crippen LogP contribution in [0.2, 0.25) is 0 Å². The fraction of sp³-hybridized carbons (Fsp3) is 0.250. The number of nitrogens with one attached hydrogen (secondary N) is 1. The molecule has 0 aliphatic carbocycles. The van der Waals surface area contributed by atoms with Crippen LogP contribution in [0.5, 0.6) is 11.5 Å². The Hall–Kier alpha value is -2.84. The maximum Gasteiger partial charge on any atom is 0.341 e. The molecular weight excluding hydrogens is 494 g/mol. The fourth-order valence-corrected chi connectivity index (χ4v) is 4.58. The molecule has 6 nitrogen and oxygen atoms in total. The molecule has 0 saturated heterocycles. The zero-order valence-corrected chi connectivity index (χ0v) is 20.5. The summed E-state index contributed by atoms with van der Waals surface area (Å²) in [6.45, 7) is 6.24. The lowest BCUT2D eigenvalue weighted by Crippen LogP contribution is -2.21. The summed E-state index contributed by atoms with van der Waals surface area (Å²) < 4.78 is 17.1. The highest BCUT2D eigenvalue weighted by Crippen LogP contribution is 2.37. The van der Waals surface area contributed by atoms with E-state index in [1.165, 1.54) is 11.3 Å². The van der Waals surface area contributed by atoms with Crippen LogP contribution in [0.15, 0.2) is 52.3 Å². The van der Waals surface area contributed by atoms with Crippen molar-refractivity contribution in [2.75, 3.05) is 25.1 Å². The van der Waals surface area contributed by atoms with E-state index in [1.807, 2.05) is 55.6 Å². The number of carbonyl (C=O) groups is 2. The number of carbonyl (C=O) groups excluding carboxylic acids is 2. The maximum atomic E-state index is 12.7. The second-order valence-corrected chi connectivity index (χ2v) is 8.54. The molecule has 1 heterocycles. The average molecular weight is 518 g/mol. The first-order valence-corrected chi connectivity index (χ1v) is 11.8. The predicted molar refractivity (Wildman–Crippen MR) is 130 cm³/mol. The Morgan fingerprint density at radius 2 is 1.78 bits per heavy atom. The molecule has 0 fully saturated rings. The smallest absolute Gasteiger partial charge is 0.341 e. The van der Waals surface area contributed by atoms with E-state index >= 15 is 0 Å². The quantitative estimate of drug-likeness (QED) is 0.348. The topological polar surface area (TPSA) is 73.9 Å². The third kappa shape index (κ3) is 5.89. The Morgan fingerprint density at radius 1 is 1.03 bits per heavy atom. The molecule has 1 aromatic heterocycles. The van der Waals surface area contributed by atoms with Gasteiger partial charge in [-0.1, -0.05) is 18.2 Å². The van der Waals surface area contributed by atoms with Crippen LogP contribution in [0.4, 0.5) is 5.00 Å². The van der Waals surface area contributed by atoms with Crippen molar-refractivity contribution in [1.82, 2.24) is 0 Å². The summed E-state index contributed by atoms with van der Waals surface area (Å²) in [4.78, 5) is 25.2. The van der Waals surface area contributed by atoms with Gasteiger partial charge in [0.05, 0.1) is 17.7 Å². The minimum Gasteiger partial charge on any atom is -0.494 e. The van der Waals surface area contributed by atoms with Gasteiger partial charge in [0.1, 0.15) is 22.1 Å². The van der Waals surface area contributed by atoms with Gasteiger partial charge in [0.15, 0.2) is 6.61 Å². The van der Waals surface area contributed by atoms with E-state index in [9.17, 15) is 9.59 Å². The monoisotopic (exact) mass is 517 g/mol. The maximum absolute atomic E-state index is 12.7. The first kappa shape index (κ1) is 23.8. The zero-order chi connectivity index (χ0) is 23.1. The standard InChI is InChI=1S/C24H24BrNO5S/c1-4-29-17-9-7-16(8-10-17)18-14-32-23(22(18)24(28)30-5-2)26-21(27)13-31-20-11-6-15(3)12-19(20)25/h6-12,14H,4-5,13H2,1-3H3,(H,26,27). The van der Waals surface area contributed by atoms with Gasteiger partial charge in [-0.25, -0.2) is 4.79 Å². The van der Waals surface area contributed by atoms with Gasteiger partial charge < -0.3 is 19.5 Å². The molecule has 0 saturated carbocycles. The molecule has 0 radical (unpaired) electrons. The molecule has 3 aromatic rings. The van der Waals surface area contributed by atoms with Crippen molar-refractivity contribution in [2.24, 2.45) is 0 Å². The Kier molecular flexibility index (Phi) is 8.30. The second-order valence-electron chi connectivity index (χ2n) is 6.80. The molecule has 0 atom stereocenters. The van der Waals surface area contributed by atoms with Crippen LogP contribution in [0.1, 0.15) is 29.8 Å². The van der Waals surface area contributed by atoms with Crippen molar-refractivity contribution in [3.05, 3.63) is 63.4 Å². The molecule has 1 amide bonds. The summed E-state index contributed by atoms with van der Waals surface area (Å²) in [5.41, 5.74) is 2.92. The molecule has 0 bridgehead atoms. The summed E-state index contributed by atoms with van der Waals surface area (Å²) in [6.07, 6.45) is 0. The zero-order valence-electron chi connectivity index (χ0n) is 18.1. The van der Waals surface area contributed by atoms with Gasteiger partial charge >= 0.3 is 5.97 Å². The third-order valence-electron chi connectivity index (χ3n) is 4.45. The molecule has 0 aliphatic heterocycles. The number of ether oxygens (including phenoxy) is 3. The second kappa shape index (κ2) is 11.2. The first-order chi connectivity index (χ1) is 15.4. The van der Waals surface area contributed by atoms with E-state index in [0.29, 0.717) is 28.5 Å². The number of anilines is 1. The molecule has 2 aromatic carbocycles. The number of amides is 1. The van der Waals surface area contributed by atoms with Crippen molar-refractivity contribution < 1.29 is 23.8 Å². The summed E-state index contributed by atoms with van der Waals surface area (Å²) >= 11 is 4.70. The van der Waals surface area contributed by atoms with Gasteiger partial charge in [-0.05, 0) is 72.1 Å². The Balaban J connectivity index is 1.79. The van der Waals surface area contributed by atoms with Gasteiger partial charge in [-0.15, -0.1) is 11.3 Å². The van der Waals surface area contributed by atoms with Crippen LogP contribution in [-0.2, 0) is 9.53 Å². The van der Waals surface area contributed by atoms with E-state index in [1.54, 1.807) is 13.0 Å². The molecule has 0 unspecified atom stereocenters. The number of halogens is 1. The minimum atomic E-state index is -0.491. The number of thiophene rings is 1. The molecule has 8 heteroatoms. The first-order valence-electron chi connectivity index (χ1n) is 10.1. The molecule has 0 spiro atoms. The number of hydrogen-bond acceptors (Lipinski definition) is 6. The van der Waals surface area contributed by atoms with Gasteiger partial charge in [0.2, 0.25) is 0 Å². The number of esters is 1. The molecular formula is C24H24BrNO5S. The van der Waals surface area contributed by atoms with Crippen molar-refractivity contribution in [3.63, 3.8) is 0 Å². The SMILES string of the molecule is CCOC(=O)c1c(-c2ccc(OCC)cc2)csc1NC(=O)COc1ccc(C)cc1Br. The van der Waals surface area contributed by atoms with Gasteiger partial charge in [-0.3, -0.25) is 4.79 Å². The van der Waals surface area contributed by atoms with Gasteiger partial charge in [0.25, 0.3) is 5.91 Å². The van der Waals surface area contributed by atoms with E-state index in [4.69, 9.17) is 14.2 Å². The highest BCUT2D eigenvalue weighted by atomic mass is 79.9. The molecule has 32 heavy (non-hydrogen) atoms. The van der Waals surface area contributed by atoms with E-state index in [0.717, 1.165) is 21.3 Å². The number of aryl methyl sites for hydroxylation is 1. The lowest BCUT2D eigenvalue weighted by atomic mass is 10.0. The normalized spacial score (nSPS) is 10.5. The number of hydrogen-bond donors (Lipinski definition) is 1. The highest BCUT2D eigenvalue weighted by Gasteiger charge is 2.23. The molecule has 168 valence electrons. The van der Waals surface area contributed by atoms with Gasteiger partial charge in [0, 0.05) is 10.9 Å². The average Bonchev–Trinajstić information content (AvgIpc) is 3.17. The molecule has 3 rings (SSSR count). The molecule has 1 N–H and O–H groups in total. The van der Waals surface area contributed by atoms with Crippen LogP contribution in [0.3, 0.4) is 0 Å². The number of rotatable bonds is 9. The lowest BCUT2D eigenvalue weighted by molar-refractivity contribution is -0.118. The summed E-state index contributed by atoms with van der Waals surface area (Å²) in [5, 5.41) is 5.04. The Morgan fingerprint density at radius 3 is 2.44 bits per heavy atom. The molecule has 0 aliphatic rings. The van der Waals surface area contributed by atoms with Crippen LogP contribution >= 0.6 is 27.3 Å². The van der Waals surface area contributed by atoms with Crippen LogP contribution < -0.4 is 14.8 Å². The predicted octanol–water partition coefficient (Wildman–Crippen LogP) is 6.08. The third-order valence-corrected chi connectivity index (χ3v) is 5.96. The van der Waals surface area contributed by atoms with Crippen molar-refractivity contribution >= 4 is 44.1 Å². The largest absolute Gasteiger partial charge is 0.494 e. The Bertz CT molecular complexity index is 1090. The summed E-state index contributed by atoms with van der Waals surface area (Å²) in [7, 11) is 0. The highest BCUT2D eigenvalue weighted by molar-refractivity contribution is 9.10. The lowest BCUT2D eigenvalue weighted by Gasteiger charge is -2.11. The van der Waals surface area contributed by atoms with Crippen molar-refractivity contribution in [1.29, 1.82) is 0 Å². The summed E-state index contributed by atoms with van der Waals surface area (Å²) in [6, 6.07) is 13.0. The van der Waals surface area contributed by atoms with Crippen LogP contribution in [-0.4, -0.2) is 31.7 Å². The summed E-state index contributed by atoms with van der Waals surface area (Å²) in [5.74, 6) is 0.452. The fourth-order valence-electron chi connectivity index (χ4n) is 2.99. The minimum absolute atomic E-state index is 0.194. The van der Waals surface area contributed by atoms with E-state index in [2.05, 4.69) is 21.2 Å². The van der Waals surface area contributed by atoms with Crippen LogP contribution in [0.25, 0.3) is 11.1 Å². The number of benzene rings is 2. The van der Waals surface area contributed by atoms with Crippen molar-refractivity contribution in [2.45, 2.75) is 20.8 Å². The van der Waals surface area contributed by atoms with E-state index in [-0.39, 0.29) is 19.1 Å². The van der Waals surface area contributed by atoms with Crippen LogP contribution in [0, 0.1) is 6.92 Å². The van der Waals surface area contributed by atoms with Crippen molar-refractivity contribution in [3.8, 4) is 22.6 Å².